The molecular weight excluding hydrogens is 226 g/mol. The third kappa shape index (κ3) is 1.90. The summed E-state index contributed by atoms with van der Waals surface area (Å²) in [5.41, 5.74) is 0.341. The quantitative estimate of drug-likeness (QED) is 0.812. The molecule has 0 saturated heterocycles. The molecule has 0 fully saturated rings. The van der Waals surface area contributed by atoms with Crippen LogP contribution in [0.1, 0.15) is 16.1 Å². The molecular formula is C12H8ClNO2. The van der Waals surface area contributed by atoms with Gasteiger partial charge in [-0.1, -0.05) is 23.7 Å². The molecule has 0 bridgehead atoms. The van der Waals surface area contributed by atoms with Gasteiger partial charge in [-0.05, 0) is 24.3 Å². The average molecular weight is 234 g/mol. The average Bonchev–Trinajstić information content (AvgIpc) is 2.29. The zero-order valence-corrected chi connectivity index (χ0v) is 8.98. The van der Waals surface area contributed by atoms with Gasteiger partial charge in [0.05, 0.1) is 5.02 Å². The van der Waals surface area contributed by atoms with Crippen LogP contribution in [0.15, 0.2) is 42.6 Å². The molecule has 0 aliphatic heterocycles. The predicted octanol–water partition coefficient (Wildman–Crippen LogP) is 2.67. The van der Waals surface area contributed by atoms with Crippen molar-refractivity contribution >= 4 is 17.4 Å². The van der Waals surface area contributed by atoms with E-state index in [1.165, 1.54) is 12.3 Å². The highest BCUT2D eigenvalue weighted by atomic mass is 35.5. The number of carbonyl (C=O) groups is 1. The first kappa shape index (κ1) is 10.6. The van der Waals surface area contributed by atoms with Crippen molar-refractivity contribution < 1.29 is 9.90 Å². The molecule has 1 heterocycles. The summed E-state index contributed by atoms with van der Waals surface area (Å²) in [6.07, 6.45) is 1.45. The Morgan fingerprint density at radius 1 is 1.19 bits per heavy atom. The molecule has 0 radical (unpaired) electrons. The van der Waals surface area contributed by atoms with E-state index in [0.717, 1.165) is 0 Å². The van der Waals surface area contributed by atoms with Gasteiger partial charge < -0.3 is 5.11 Å². The number of pyridine rings is 1. The Kier molecular flexibility index (Phi) is 2.88. The number of benzene rings is 1. The Labute approximate surface area is 97.3 Å². The summed E-state index contributed by atoms with van der Waals surface area (Å²) in [6.45, 7) is 0. The van der Waals surface area contributed by atoms with E-state index in [0.29, 0.717) is 10.6 Å². The van der Waals surface area contributed by atoms with E-state index in [1.54, 1.807) is 30.3 Å². The molecule has 0 saturated carbocycles. The van der Waals surface area contributed by atoms with Crippen LogP contribution < -0.4 is 0 Å². The lowest BCUT2D eigenvalue weighted by atomic mass is 10.1. The van der Waals surface area contributed by atoms with E-state index in [2.05, 4.69) is 4.98 Å². The lowest BCUT2D eigenvalue weighted by molar-refractivity contribution is 0.103. The first-order chi connectivity index (χ1) is 7.70. The third-order valence-corrected chi connectivity index (χ3v) is 2.45. The van der Waals surface area contributed by atoms with Gasteiger partial charge in [-0.3, -0.25) is 4.79 Å². The molecule has 0 spiro atoms. The van der Waals surface area contributed by atoms with Crippen LogP contribution in [0.2, 0.25) is 5.02 Å². The zero-order chi connectivity index (χ0) is 11.5. The van der Waals surface area contributed by atoms with Crippen molar-refractivity contribution in [3.05, 3.63) is 58.9 Å². The van der Waals surface area contributed by atoms with Crippen LogP contribution in [0.3, 0.4) is 0 Å². The molecule has 1 N–H and O–H groups in total. The van der Waals surface area contributed by atoms with Crippen LogP contribution in [-0.4, -0.2) is 15.9 Å². The molecule has 80 valence electrons. The number of carbonyl (C=O) groups excluding carboxylic acids is 1. The van der Waals surface area contributed by atoms with E-state index in [1.807, 2.05) is 0 Å². The highest BCUT2D eigenvalue weighted by Crippen LogP contribution is 2.22. The molecule has 0 aliphatic carbocycles. The lowest BCUT2D eigenvalue weighted by Gasteiger charge is -2.03. The summed E-state index contributed by atoms with van der Waals surface area (Å²) in [5, 5.41) is 9.85. The van der Waals surface area contributed by atoms with Gasteiger partial charge in [0.25, 0.3) is 0 Å². The van der Waals surface area contributed by atoms with Gasteiger partial charge in [0.2, 0.25) is 5.78 Å². The Morgan fingerprint density at radius 3 is 2.62 bits per heavy atom. The van der Waals surface area contributed by atoms with Crippen molar-refractivity contribution in [2.24, 2.45) is 0 Å². The fraction of sp³-hybridized carbons (Fsp3) is 0. The van der Waals surface area contributed by atoms with Gasteiger partial charge in [0.15, 0.2) is 5.69 Å². The van der Waals surface area contributed by atoms with E-state index in [-0.39, 0.29) is 17.2 Å². The minimum Gasteiger partial charge on any atom is -0.506 e. The van der Waals surface area contributed by atoms with E-state index >= 15 is 0 Å². The second-order valence-corrected chi connectivity index (χ2v) is 3.59. The molecule has 1 aromatic heterocycles. The van der Waals surface area contributed by atoms with Crippen molar-refractivity contribution in [2.45, 2.75) is 0 Å². The molecule has 0 amide bonds. The van der Waals surface area contributed by atoms with E-state index < -0.39 is 0 Å². The van der Waals surface area contributed by atoms with E-state index in [4.69, 9.17) is 11.6 Å². The molecule has 1 aromatic carbocycles. The number of nitrogens with zero attached hydrogens (tertiary/aromatic N) is 1. The third-order valence-electron chi connectivity index (χ3n) is 2.12. The minimum atomic E-state index is -0.385. The van der Waals surface area contributed by atoms with Crippen molar-refractivity contribution in [1.82, 2.24) is 4.98 Å². The van der Waals surface area contributed by atoms with Crippen molar-refractivity contribution in [3.8, 4) is 5.75 Å². The van der Waals surface area contributed by atoms with Crippen molar-refractivity contribution in [1.29, 1.82) is 0 Å². The molecule has 0 unspecified atom stereocenters. The largest absolute Gasteiger partial charge is 0.506 e. The fourth-order valence-corrected chi connectivity index (χ4v) is 1.57. The number of hydrogen-bond donors (Lipinski definition) is 1. The molecule has 0 aliphatic rings. The van der Waals surface area contributed by atoms with Crippen LogP contribution in [0.25, 0.3) is 0 Å². The van der Waals surface area contributed by atoms with Gasteiger partial charge in [0, 0.05) is 11.8 Å². The van der Waals surface area contributed by atoms with Crippen LogP contribution >= 0.6 is 11.6 Å². The summed E-state index contributed by atoms with van der Waals surface area (Å²) >= 11 is 5.89. The van der Waals surface area contributed by atoms with Gasteiger partial charge >= 0.3 is 0 Å². The SMILES string of the molecule is O=C(c1ccccc1Cl)c1ncccc1O. The first-order valence-corrected chi connectivity index (χ1v) is 5.01. The highest BCUT2D eigenvalue weighted by molar-refractivity contribution is 6.34. The summed E-state index contributed by atoms with van der Waals surface area (Å²) in [4.78, 5) is 15.8. The Balaban J connectivity index is 2.48. The zero-order valence-electron chi connectivity index (χ0n) is 8.22. The number of hydrogen-bond acceptors (Lipinski definition) is 3. The second kappa shape index (κ2) is 4.33. The maximum Gasteiger partial charge on any atom is 0.216 e. The summed E-state index contributed by atoms with van der Waals surface area (Å²) in [5.74, 6) is -0.531. The maximum atomic E-state index is 12.0. The molecule has 16 heavy (non-hydrogen) atoms. The van der Waals surface area contributed by atoms with Gasteiger partial charge in [-0.15, -0.1) is 0 Å². The topological polar surface area (TPSA) is 50.2 Å². The van der Waals surface area contributed by atoms with Crippen LogP contribution in [0.5, 0.6) is 5.75 Å². The van der Waals surface area contributed by atoms with Crippen LogP contribution in [0.4, 0.5) is 0 Å². The Hall–Kier alpha value is -1.87. The van der Waals surface area contributed by atoms with Gasteiger partial charge in [-0.2, -0.15) is 0 Å². The van der Waals surface area contributed by atoms with Crippen LogP contribution in [-0.2, 0) is 0 Å². The molecule has 0 atom stereocenters. The van der Waals surface area contributed by atoms with Gasteiger partial charge in [-0.25, -0.2) is 4.98 Å². The number of ketones is 1. The monoisotopic (exact) mass is 233 g/mol. The Morgan fingerprint density at radius 2 is 1.94 bits per heavy atom. The standard InChI is InChI=1S/C12H8ClNO2/c13-9-5-2-1-4-8(9)12(16)11-10(15)6-3-7-14-11/h1-7,15H. The summed E-state index contributed by atoms with van der Waals surface area (Å²) in [6, 6.07) is 9.62. The lowest BCUT2D eigenvalue weighted by Crippen LogP contribution is -2.04. The van der Waals surface area contributed by atoms with Gasteiger partial charge in [0.1, 0.15) is 5.75 Å². The minimum absolute atomic E-state index is 0.00981. The first-order valence-electron chi connectivity index (χ1n) is 4.63. The number of aromatic hydroxyl groups is 1. The maximum absolute atomic E-state index is 12.0. The molecule has 4 heteroatoms. The number of halogens is 1. The molecule has 3 nitrogen and oxygen atoms in total. The normalized spacial score (nSPS) is 10.1. The second-order valence-electron chi connectivity index (χ2n) is 3.18. The van der Waals surface area contributed by atoms with E-state index in [9.17, 15) is 9.90 Å². The van der Waals surface area contributed by atoms with Crippen LogP contribution in [0, 0.1) is 0 Å². The predicted molar refractivity (Wildman–Crippen MR) is 60.8 cm³/mol. The molecule has 2 aromatic rings. The molecule has 2 rings (SSSR count). The number of rotatable bonds is 2. The summed E-state index contributed by atoms with van der Waals surface area (Å²) in [7, 11) is 0. The smallest absolute Gasteiger partial charge is 0.216 e. The highest BCUT2D eigenvalue weighted by Gasteiger charge is 2.16. The fourth-order valence-electron chi connectivity index (χ4n) is 1.34. The Bertz CT molecular complexity index is 493. The van der Waals surface area contributed by atoms with Crippen molar-refractivity contribution in [2.75, 3.05) is 0 Å². The number of aromatic nitrogens is 1. The van der Waals surface area contributed by atoms with Crippen molar-refractivity contribution in [3.63, 3.8) is 0 Å². The summed E-state index contributed by atoms with van der Waals surface area (Å²) < 4.78 is 0.